The Labute approximate surface area is 144 Å². The summed E-state index contributed by atoms with van der Waals surface area (Å²) in [5, 5.41) is 3.83. The van der Waals surface area contributed by atoms with Crippen LogP contribution in [0.15, 0.2) is 56.9 Å². The number of nitrogens with zero attached hydrogens (tertiary/aromatic N) is 1. The molecule has 0 fully saturated rings. The summed E-state index contributed by atoms with van der Waals surface area (Å²) in [4.78, 5) is 2.37. The van der Waals surface area contributed by atoms with Gasteiger partial charge in [0.2, 0.25) is 0 Å². The molecule has 2 rings (SSSR count). The lowest BCUT2D eigenvalue weighted by molar-refractivity contribution is 0.339. The molecule has 122 valence electrons. The maximum absolute atomic E-state index is 12.1. The lowest BCUT2D eigenvalue weighted by Crippen LogP contribution is -2.18. The van der Waals surface area contributed by atoms with Crippen molar-refractivity contribution in [3.05, 3.63) is 58.1 Å². The molecule has 0 aliphatic heterocycles. The van der Waals surface area contributed by atoms with Crippen LogP contribution in [0.5, 0.6) is 5.75 Å². The van der Waals surface area contributed by atoms with E-state index in [-0.39, 0.29) is 4.90 Å². The van der Waals surface area contributed by atoms with Crippen LogP contribution < -0.4 is 9.57 Å². The van der Waals surface area contributed by atoms with Crippen LogP contribution in [0.3, 0.4) is 0 Å². The molecular weight excluding hydrogens is 380 g/mol. The summed E-state index contributed by atoms with van der Waals surface area (Å²) in [6.07, 6.45) is 1.42. The summed E-state index contributed by atoms with van der Waals surface area (Å²) >= 11 is 3.37. The Morgan fingerprint density at radius 1 is 1.22 bits per heavy atom. The first-order chi connectivity index (χ1) is 10.9. The first kappa shape index (κ1) is 17.5. The molecule has 0 radical (unpaired) electrons. The molecule has 0 bridgehead atoms. The van der Waals surface area contributed by atoms with Crippen molar-refractivity contribution in [1.82, 2.24) is 4.83 Å². The molecule has 0 atom stereocenters. The maximum Gasteiger partial charge on any atom is 0.276 e. The highest BCUT2D eigenvalue weighted by Gasteiger charge is 2.12. The highest BCUT2D eigenvalue weighted by molar-refractivity contribution is 9.10. The van der Waals surface area contributed by atoms with E-state index in [0.717, 1.165) is 10.0 Å². The quantitative estimate of drug-likeness (QED) is 0.600. The Bertz CT molecular complexity index is 803. The van der Waals surface area contributed by atoms with Gasteiger partial charge in [-0.15, -0.1) is 0 Å². The number of ether oxygens (including phenoxy) is 1. The van der Waals surface area contributed by atoms with E-state index in [4.69, 9.17) is 4.74 Å². The van der Waals surface area contributed by atoms with Gasteiger partial charge in [-0.1, -0.05) is 33.6 Å². The highest BCUT2D eigenvalue weighted by Crippen LogP contribution is 2.21. The van der Waals surface area contributed by atoms with Gasteiger partial charge in [-0.3, -0.25) is 0 Å². The molecule has 5 nitrogen and oxygen atoms in total. The molecule has 0 unspecified atom stereocenters. The number of halogens is 1. The van der Waals surface area contributed by atoms with Gasteiger partial charge in [0.25, 0.3) is 10.0 Å². The zero-order chi connectivity index (χ0) is 16.9. The van der Waals surface area contributed by atoms with E-state index in [2.05, 4.69) is 25.9 Å². The van der Waals surface area contributed by atoms with Gasteiger partial charge in [-0.25, -0.2) is 4.83 Å². The van der Waals surface area contributed by atoms with Crippen LogP contribution in [0.2, 0.25) is 0 Å². The van der Waals surface area contributed by atoms with Gasteiger partial charge < -0.3 is 4.74 Å². The minimum Gasteiger partial charge on any atom is -0.493 e. The predicted octanol–water partition coefficient (Wildman–Crippen LogP) is 3.47. The molecule has 0 amide bonds. The van der Waals surface area contributed by atoms with Crippen molar-refractivity contribution >= 4 is 32.2 Å². The van der Waals surface area contributed by atoms with Gasteiger partial charge in [0.1, 0.15) is 5.75 Å². The van der Waals surface area contributed by atoms with Crippen LogP contribution >= 0.6 is 15.9 Å². The normalized spacial score (nSPS) is 11.6. The largest absolute Gasteiger partial charge is 0.493 e. The van der Waals surface area contributed by atoms with E-state index in [1.165, 1.54) is 18.3 Å². The van der Waals surface area contributed by atoms with Crippen molar-refractivity contribution in [2.24, 2.45) is 5.10 Å². The number of sulfonamides is 1. The fraction of sp³-hybridized carbons (Fsp3) is 0.188. The molecule has 0 heterocycles. The minimum absolute atomic E-state index is 0.166. The smallest absolute Gasteiger partial charge is 0.276 e. The van der Waals surface area contributed by atoms with Crippen molar-refractivity contribution in [3.63, 3.8) is 0 Å². The number of rotatable bonds is 6. The van der Waals surface area contributed by atoms with Crippen molar-refractivity contribution in [3.8, 4) is 5.75 Å². The van der Waals surface area contributed by atoms with Gasteiger partial charge in [0.05, 0.1) is 17.7 Å². The topological polar surface area (TPSA) is 67.8 Å². The fourth-order valence-electron chi connectivity index (χ4n) is 1.84. The predicted molar refractivity (Wildman–Crippen MR) is 94.4 cm³/mol. The Morgan fingerprint density at radius 2 is 1.91 bits per heavy atom. The summed E-state index contributed by atoms with van der Waals surface area (Å²) in [5.41, 5.74) is 1.66. The van der Waals surface area contributed by atoms with E-state index in [9.17, 15) is 8.42 Å². The van der Waals surface area contributed by atoms with E-state index in [0.29, 0.717) is 17.9 Å². The monoisotopic (exact) mass is 396 g/mol. The van der Waals surface area contributed by atoms with Crippen LogP contribution in [0.25, 0.3) is 0 Å². The van der Waals surface area contributed by atoms with Crippen LogP contribution in [-0.2, 0) is 10.0 Å². The standard InChI is InChI=1S/C16H17BrN2O3S/c1-3-22-16-9-6-14(17)10-13(16)11-18-19-23(20,21)15-7-4-12(2)5-8-15/h4-11,19H,3H2,1-2H3/b18-11+. The molecule has 7 heteroatoms. The second kappa shape index (κ2) is 7.61. The summed E-state index contributed by atoms with van der Waals surface area (Å²) in [5.74, 6) is 0.633. The third kappa shape index (κ3) is 4.80. The molecule has 0 saturated carbocycles. The first-order valence-corrected chi connectivity index (χ1v) is 9.24. The molecule has 2 aromatic carbocycles. The zero-order valence-corrected chi connectivity index (χ0v) is 15.2. The number of aryl methyl sites for hydroxylation is 1. The molecule has 2 aromatic rings. The molecular formula is C16H17BrN2O3S. The Hall–Kier alpha value is -1.86. The summed E-state index contributed by atoms with van der Waals surface area (Å²) < 4.78 is 30.6. The van der Waals surface area contributed by atoms with Crippen molar-refractivity contribution in [2.75, 3.05) is 6.61 Å². The number of hydrazone groups is 1. The summed E-state index contributed by atoms with van der Waals surface area (Å²) in [6.45, 7) is 4.28. The highest BCUT2D eigenvalue weighted by atomic mass is 79.9. The first-order valence-electron chi connectivity index (χ1n) is 6.96. The lowest BCUT2D eigenvalue weighted by Gasteiger charge is -2.07. The summed E-state index contributed by atoms with van der Waals surface area (Å²) in [7, 11) is -3.68. The van der Waals surface area contributed by atoms with E-state index in [1.54, 1.807) is 24.3 Å². The van der Waals surface area contributed by atoms with Gasteiger partial charge in [-0.2, -0.15) is 13.5 Å². The average molecular weight is 397 g/mol. The second-order valence-electron chi connectivity index (χ2n) is 4.78. The minimum atomic E-state index is -3.68. The van der Waals surface area contributed by atoms with E-state index >= 15 is 0 Å². The maximum atomic E-state index is 12.1. The van der Waals surface area contributed by atoms with Crippen LogP contribution in [0.4, 0.5) is 0 Å². The lowest BCUT2D eigenvalue weighted by atomic mass is 10.2. The van der Waals surface area contributed by atoms with E-state index in [1.807, 2.05) is 19.9 Å². The summed E-state index contributed by atoms with van der Waals surface area (Å²) in [6, 6.07) is 12.0. The van der Waals surface area contributed by atoms with Crippen LogP contribution in [-0.4, -0.2) is 21.2 Å². The second-order valence-corrected chi connectivity index (χ2v) is 7.36. The Balaban J connectivity index is 2.18. The van der Waals surface area contributed by atoms with Gasteiger partial charge in [0.15, 0.2) is 0 Å². The SMILES string of the molecule is CCOc1ccc(Br)cc1/C=N/NS(=O)(=O)c1ccc(C)cc1. The zero-order valence-electron chi connectivity index (χ0n) is 12.8. The number of hydrogen-bond acceptors (Lipinski definition) is 4. The Morgan fingerprint density at radius 3 is 2.57 bits per heavy atom. The molecule has 0 aliphatic carbocycles. The number of hydrogen-bond donors (Lipinski definition) is 1. The Kier molecular flexibility index (Phi) is 5.79. The van der Waals surface area contributed by atoms with Gasteiger partial charge in [-0.05, 0) is 44.2 Å². The van der Waals surface area contributed by atoms with Crippen LogP contribution in [0, 0.1) is 6.92 Å². The van der Waals surface area contributed by atoms with Crippen molar-refractivity contribution in [2.45, 2.75) is 18.7 Å². The molecule has 0 saturated heterocycles. The number of nitrogens with one attached hydrogen (secondary N) is 1. The van der Waals surface area contributed by atoms with Gasteiger partial charge in [0, 0.05) is 10.0 Å². The van der Waals surface area contributed by atoms with Crippen LogP contribution in [0.1, 0.15) is 18.1 Å². The van der Waals surface area contributed by atoms with Crippen molar-refractivity contribution < 1.29 is 13.2 Å². The molecule has 0 spiro atoms. The third-order valence-corrected chi connectivity index (χ3v) is 4.71. The van der Waals surface area contributed by atoms with E-state index < -0.39 is 10.0 Å². The van der Waals surface area contributed by atoms with Gasteiger partial charge >= 0.3 is 0 Å². The molecule has 0 aliphatic rings. The average Bonchev–Trinajstić information content (AvgIpc) is 2.50. The third-order valence-electron chi connectivity index (χ3n) is 2.98. The molecule has 0 aromatic heterocycles. The van der Waals surface area contributed by atoms with Crippen molar-refractivity contribution in [1.29, 1.82) is 0 Å². The molecule has 23 heavy (non-hydrogen) atoms. The fourth-order valence-corrected chi connectivity index (χ4v) is 3.01. The molecule has 1 N–H and O–H groups in total. The number of benzene rings is 2.